The van der Waals surface area contributed by atoms with Crippen LogP contribution in [0.15, 0.2) is 24.3 Å². The van der Waals surface area contributed by atoms with Crippen LogP contribution in [0.1, 0.15) is 31.4 Å². The van der Waals surface area contributed by atoms with E-state index in [2.05, 4.69) is 10.2 Å². The van der Waals surface area contributed by atoms with Crippen molar-refractivity contribution in [2.75, 3.05) is 20.8 Å². The number of nitrogens with zero attached hydrogens (tertiary/aromatic N) is 2. The number of para-hydroxylation sites is 1. The minimum absolute atomic E-state index is 0.0953. The van der Waals surface area contributed by atoms with E-state index in [4.69, 9.17) is 9.47 Å². The van der Waals surface area contributed by atoms with E-state index >= 15 is 0 Å². The van der Waals surface area contributed by atoms with Gasteiger partial charge in [-0.3, -0.25) is 9.89 Å². The van der Waals surface area contributed by atoms with Crippen LogP contribution >= 0.6 is 0 Å². The van der Waals surface area contributed by atoms with E-state index in [0.29, 0.717) is 6.42 Å². The highest BCUT2D eigenvalue weighted by molar-refractivity contribution is 5.87. The molecule has 6 nitrogen and oxygen atoms in total. The van der Waals surface area contributed by atoms with Crippen LogP contribution in [0.2, 0.25) is 0 Å². The van der Waals surface area contributed by atoms with E-state index in [1.165, 1.54) is 0 Å². The van der Waals surface area contributed by atoms with E-state index in [0.717, 1.165) is 48.8 Å². The number of aromatic nitrogens is 2. The van der Waals surface area contributed by atoms with Crippen LogP contribution in [0, 0.1) is 0 Å². The molecule has 3 atom stereocenters. The first kappa shape index (κ1) is 16.5. The molecule has 0 radical (unpaired) electrons. The van der Waals surface area contributed by atoms with Crippen molar-refractivity contribution in [1.29, 1.82) is 0 Å². The summed E-state index contributed by atoms with van der Waals surface area (Å²) in [6, 6.07) is 7.98. The van der Waals surface area contributed by atoms with Crippen LogP contribution in [0.3, 0.4) is 0 Å². The van der Waals surface area contributed by atoms with Gasteiger partial charge < -0.3 is 14.4 Å². The van der Waals surface area contributed by atoms with E-state index in [1.807, 2.05) is 29.2 Å². The molecule has 1 aromatic heterocycles. The normalized spacial score (nSPS) is 29.1. The molecule has 2 aliphatic rings. The molecule has 1 N–H and O–H groups in total. The van der Waals surface area contributed by atoms with Crippen LogP contribution in [-0.2, 0) is 20.7 Å². The molecule has 1 aliphatic carbocycles. The molecule has 6 heteroatoms. The lowest BCUT2D eigenvalue weighted by Crippen LogP contribution is -2.53. The maximum atomic E-state index is 13.0. The number of hydrogen-bond donors (Lipinski definition) is 1. The van der Waals surface area contributed by atoms with Gasteiger partial charge in [0.25, 0.3) is 0 Å². The molecule has 1 aliphatic heterocycles. The fourth-order valence-electron chi connectivity index (χ4n) is 4.58. The summed E-state index contributed by atoms with van der Waals surface area (Å²) in [5, 5.41) is 8.34. The number of hydrogen-bond acceptors (Lipinski definition) is 4. The van der Waals surface area contributed by atoms with Gasteiger partial charge in [-0.1, -0.05) is 18.2 Å². The molecule has 2 fully saturated rings. The molecular weight excluding hydrogens is 318 g/mol. The minimum atomic E-state index is -0.208. The fraction of sp³-hybridized carbons (Fsp3) is 0.579. The summed E-state index contributed by atoms with van der Waals surface area (Å²) in [4.78, 5) is 15.1. The third-order valence-electron chi connectivity index (χ3n) is 6.06. The predicted octanol–water partition coefficient (Wildman–Crippen LogP) is 2.29. The van der Waals surface area contributed by atoms with Crippen LogP contribution in [0.25, 0.3) is 10.9 Å². The number of rotatable bonds is 4. The number of H-pyrrole nitrogens is 1. The van der Waals surface area contributed by atoms with Crippen molar-refractivity contribution < 1.29 is 14.3 Å². The number of benzene rings is 1. The van der Waals surface area contributed by atoms with Gasteiger partial charge in [0, 0.05) is 26.2 Å². The molecule has 0 spiro atoms. The first-order valence-corrected chi connectivity index (χ1v) is 8.96. The minimum Gasteiger partial charge on any atom is -0.381 e. The zero-order valence-electron chi connectivity index (χ0n) is 14.8. The molecule has 2 heterocycles. The van der Waals surface area contributed by atoms with E-state index in [-0.39, 0.29) is 23.7 Å². The van der Waals surface area contributed by atoms with Crippen LogP contribution in [-0.4, -0.2) is 59.5 Å². The van der Waals surface area contributed by atoms with Gasteiger partial charge in [0.15, 0.2) is 0 Å². The Morgan fingerprint density at radius 3 is 3.00 bits per heavy atom. The van der Waals surface area contributed by atoms with Crippen LogP contribution < -0.4 is 0 Å². The summed E-state index contributed by atoms with van der Waals surface area (Å²) in [5.74, 6) is 0.134. The van der Waals surface area contributed by atoms with Gasteiger partial charge in [0.2, 0.25) is 5.91 Å². The highest BCUT2D eigenvalue weighted by atomic mass is 16.5. The average Bonchev–Trinajstić information content (AvgIpc) is 3.23. The second-order valence-electron chi connectivity index (χ2n) is 7.15. The Morgan fingerprint density at radius 2 is 2.20 bits per heavy atom. The van der Waals surface area contributed by atoms with Gasteiger partial charge in [-0.25, -0.2) is 0 Å². The maximum absolute atomic E-state index is 13.0. The van der Waals surface area contributed by atoms with Gasteiger partial charge in [-0.2, -0.15) is 5.10 Å². The Labute approximate surface area is 147 Å². The van der Waals surface area contributed by atoms with Gasteiger partial charge in [-0.05, 0) is 31.7 Å². The standard InChI is InChI=1S/C19H25N3O3/c1-24-13-7-8-19(25-2)9-10-22(17(19)11-13)18(23)12-16-14-5-3-4-6-15(14)20-21-16/h3-6,13,17H,7-12H2,1-2H3,(H,20,21)/t13-,17+,19-/m0/s1. The zero-order valence-corrected chi connectivity index (χ0v) is 14.8. The second kappa shape index (κ2) is 6.42. The molecular formula is C19H25N3O3. The van der Waals surface area contributed by atoms with Crippen molar-refractivity contribution in [2.24, 2.45) is 0 Å². The first-order chi connectivity index (χ1) is 12.2. The molecule has 1 aromatic carbocycles. The third-order valence-corrected chi connectivity index (χ3v) is 6.06. The molecule has 1 amide bonds. The highest BCUT2D eigenvalue weighted by Gasteiger charge is 2.52. The van der Waals surface area contributed by atoms with Crippen LogP contribution in [0.4, 0.5) is 0 Å². The Balaban J connectivity index is 1.55. The summed E-state index contributed by atoms with van der Waals surface area (Å²) < 4.78 is 11.5. The van der Waals surface area contributed by atoms with Gasteiger partial charge in [-0.15, -0.1) is 0 Å². The molecule has 1 saturated heterocycles. The number of likely N-dealkylation sites (tertiary alicyclic amines) is 1. The summed E-state index contributed by atoms with van der Waals surface area (Å²) in [6.07, 6.45) is 4.24. The lowest BCUT2D eigenvalue weighted by molar-refractivity contribution is -0.140. The summed E-state index contributed by atoms with van der Waals surface area (Å²) in [6.45, 7) is 0.750. The topological polar surface area (TPSA) is 67.5 Å². The first-order valence-electron chi connectivity index (χ1n) is 8.96. The van der Waals surface area contributed by atoms with Gasteiger partial charge in [0.1, 0.15) is 0 Å². The van der Waals surface area contributed by atoms with E-state index in [1.54, 1.807) is 14.2 Å². The van der Waals surface area contributed by atoms with Gasteiger partial charge in [0.05, 0.1) is 35.4 Å². The summed E-state index contributed by atoms with van der Waals surface area (Å²) >= 11 is 0. The summed E-state index contributed by atoms with van der Waals surface area (Å²) in [7, 11) is 3.53. The molecule has 2 aromatic rings. The van der Waals surface area contributed by atoms with Crippen molar-refractivity contribution >= 4 is 16.8 Å². The zero-order chi connectivity index (χ0) is 17.4. The smallest absolute Gasteiger partial charge is 0.228 e. The number of amides is 1. The monoisotopic (exact) mass is 343 g/mol. The van der Waals surface area contributed by atoms with Crippen molar-refractivity contribution in [3.05, 3.63) is 30.0 Å². The fourth-order valence-corrected chi connectivity index (χ4v) is 4.58. The lowest BCUT2D eigenvalue weighted by atomic mass is 9.79. The quantitative estimate of drug-likeness (QED) is 0.925. The Morgan fingerprint density at radius 1 is 1.36 bits per heavy atom. The number of carbonyl (C=O) groups excluding carboxylic acids is 1. The molecule has 0 unspecified atom stereocenters. The van der Waals surface area contributed by atoms with Crippen molar-refractivity contribution in [1.82, 2.24) is 15.1 Å². The largest absolute Gasteiger partial charge is 0.381 e. The van der Waals surface area contributed by atoms with Crippen molar-refractivity contribution in [3.63, 3.8) is 0 Å². The van der Waals surface area contributed by atoms with E-state index in [9.17, 15) is 4.79 Å². The van der Waals surface area contributed by atoms with Gasteiger partial charge >= 0.3 is 0 Å². The Hall–Kier alpha value is -1.92. The number of nitrogens with one attached hydrogen (secondary N) is 1. The van der Waals surface area contributed by atoms with Crippen molar-refractivity contribution in [3.8, 4) is 0 Å². The third kappa shape index (κ3) is 2.73. The molecule has 0 bridgehead atoms. The summed E-state index contributed by atoms with van der Waals surface area (Å²) in [5.41, 5.74) is 1.57. The number of aromatic amines is 1. The second-order valence-corrected chi connectivity index (χ2v) is 7.15. The number of fused-ring (bicyclic) bond motifs is 2. The molecule has 25 heavy (non-hydrogen) atoms. The highest BCUT2D eigenvalue weighted by Crippen LogP contribution is 2.43. The van der Waals surface area contributed by atoms with E-state index < -0.39 is 0 Å². The van der Waals surface area contributed by atoms with Crippen molar-refractivity contribution in [2.45, 2.75) is 49.9 Å². The van der Waals surface area contributed by atoms with Crippen LogP contribution in [0.5, 0.6) is 0 Å². The number of carbonyl (C=O) groups is 1. The molecule has 4 rings (SSSR count). The average molecular weight is 343 g/mol. The lowest BCUT2D eigenvalue weighted by Gasteiger charge is -2.43. The molecule has 1 saturated carbocycles. The SMILES string of the molecule is CO[C@H]1CC[C@]2(OC)CCN(C(=O)Cc3[nH]nc4ccccc34)[C@@H]2C1. The number of methoxy groups -OCH3 is 2. The molecule has 134 valence electrons. The Kier molecular flexibility index (Phi) is 4.25. The number of ether oxygens (including phenoxy) is 2. The Bertz CT molecular complexity index is 774. The maximum Gasteiger partial charge on any atom is 0.228 e. The predicted molar refractivity (Wildman–Crippen MR) is 94.3 cm³/mol.